The number of hydrogen-bond donors (Lipinski definition) is 0. The molecule has 10 heavy (non-hydrogen) atoms. The molecule has 6 heteroatoms. The van der Waals surface area contributed by atoms with Gasteiger partial charge in [0.15, 0.2) is 16.3 Å². The Kier molecular flexibility index (Phi) is 1.25. The molecular formula is C4HClN4S. The fourth-order valence-corrected chi connectivity index (χ4v) is 1.32. The van der Waals surface area contributed by atoms with Crippen LogP contribution in [0.25, 0.3) is 11.2 Å². The van der Waals surface area contributed by atoms with Crippen molar-refractivity contribution in [1.29, 1.82) is 0 Å². The van der Waals surface area contributed by atoms with E-state index < -0.39 is 0 Å². The Morgan fingerprint density at radius 3 is 3.00 bits per heavy atom. The molecule has 0 fully saturated rings. The normalized spacial score (nSPS) is 10.5. The average molecular weight is 173 g/mol. The molecule has 0 amide bonds. The second-order valence-corrected chi connectivity index (χ2v) is 2.49. The molecule has 2 rings (SSSR count). The summed E-state index contributed by atoms with van der Waals surface area (Å²) in [5.41, 5.74) is 1.14. The minimum atomic E-state index is 0.360. The molecule has 0 radical (unpaired) electrons. The van der Waals surface area contributed by atoms with E-state index in [2.05, 4.69) is 18.7 Å². The number of fused-ring (bicyclic) bond motifs is 1. The predicted molar refractivity (Wildman–Crippen MR) is 38.0 cm³/mol. The SMILES string of the molecule is Clc1ncnc2nsnc12. The molecule has 2 aromatic rings. The zero-order valence-corrected chi connectivity index (χ0v) is 6.22. The molecule has 0 saturated heterocycles. The van der Waals surface area contributed by atoms with Crippen LogP contribution >= 0.6 is 23.3 Å². The van der Waals surface area contributed by atoms with Crippen molar-refractivity contribution < 1.29 is 0 Å². The van der Waals surface area contributed by atoms with Gasteiger partial charge in [0.2, 0.25) is 0 Å². The van der Waals surface area contributed by atoms with Gasteiger partial charge in [-0.2, -0.15) is 8.75 Å². The van der Waals surface area contributed by atoms with E-state index in [1.807, 2.05) is 0 Å². The molecular weight excluding hydrogens is 172 g/mol. The van der Waals surface area contributed by atoms with Crippen LogP contribution in [0.3, 0.4) is 0 Å². The molecule has 0 spiro atoms. The minimum absolute atomic E-state index is 0.360. The highest BCUT2D eigenvalue weighted by molar-refractivity contribution is 7.00. The van der Waals surface area contributed by atoms with Crippen LogP contribution in [0.1, 0.15) is 0 Å². The zero-order chi connectivity index (χ0) is 6.97. The summed E-state index contributed by atoms with van der Waals surface area (Å²) < 4.78 is 7.77. The Bertz CT molecular complexity index is 359. The largest absolute Gasteiger partial charge is 0.222 e. The second kappa shape index (κ2) is 2.10. The van der Waals surface area contributed by atoms with Crippen molar-refractivity contribution >= 4 is 34.5 Å². The molecule has 2 aromatic heterocycles. The molecule has 0 aliphatic carbocycles. The first-order valence-electron chi connectivity index (χ1n) is 2.46. The maximum atomic E-state index is 5.65. The maximum Gasteiger partial charge on any atom is 0.197 e. The Morgan fingerprint density at radius 1 is 1.30 bits per heavy atom. The van der Waals surface area contributed by atoms with E-state index >= 15 is 0 Å². The summed E-state index contributed by atoms with van der Waals surface area (Å²) in [6.45, 7) is 0. The third kappa shape index (κ3) is 0.748. The molecule has 0 atom stereocenters. The van der Waals surface area contributed by atoms with E-state index in [0.29, 0.717) is 16.3 Å². The molecule has 50 valence electrons. The highest BCUT2D eigenvalue weighted by Gasteiger charge is 2.02. The Hall–Kier alpha value is -0.810. The van der Waals surface area contributed by atoms with Crippen LogP contribution in [0.15, 0.2) is 6.33 Å². The van der Waals surface area contributed by atoms with E-state index in [9.17, 15) is 0 Å². The zero-order valence-electron chi connectivity index (χ0n) is 4.65. The van der Waals surface area contributed by atoms with Gasteiger partial charge in [-0.15, -0.1) is 0 Å². The van der Waals surface area contributed by atoms with Gasteiger partial charge in [-0.05, 0) is 0 Å². The van der Waals surface area contributed by atoms with E-state index in [0.717, 1.165) is 11.7 Å². The molecule has 0 bridgehead atoms. The second-order valence-electron chi connectivity index (χ2n) is 1.60. The van der Waals surface area contributed by atoms with Crippen LogP contribution in [0.2, 0.25) is 5.15 Å². The summed E-state index contributed by atoms with van der Waals surface area (Å²) in [7, 11) is 0. The Morgan fingerprint density at radius 2 is 2.20 bits per heavy atom. The quantitative estimate of drug-likeness (QED) is 0.559. The summed E-state index contributed by atoms with van der Waals surface area (Å²) in [6.07, 6.45) is 1.37. The first kappa shape index (κ1) is 5.94. The average Bonchev–Trinajstić information content (AvgIpc) is 2.36. The number of rotatable bonds is 0. The topological polar surface area (TPSA) is 51.6 Å². The monoisotopic (exact) mass is 172 g/mol. The van der Waals surface area contributed by atoms with Gasteiger partial charge in [-0.3, -0.25) is 0 Å². The summed E-state index contributed by atoms with van der Waals surface area (Å²) in [4.78, 5) is 7.58. The van der Waals surface area contributed by atoms with Crippen molar-refractivity contribution in [2.45, 2.75) is 0 Å². The van der Waals surface area contributed by atoms with Crippen LogP contribution in [0, 0.1) is 0 Å². The van der Waals surface area contributed by atoms with Gasteiger partial charge in [0, 0.05) is 0 Å². The van der Waals surface area contributed by atoms with Crippen LogP contribution in [0.5, 0.6) is 0 Å². The van der Waals surface area contributed by atoms with Gasteiger partial charge in [-0.1, -0.05) is 11.6 Å². The first-order chi connectivity index (χ1) is 4.88. The number of hydrogen-bond acceptors (Lipinski definition) is 5. The van der Waals surface area contributed by atoms with Crippen LogP contribution in [-0.2, 0) is 0 Å². The third-order valence-electron chi connectivity index (χ3n) is 1.02. The fourth-order valence-electron chi connectivity index (χ4n) is 0.594. The van der Waals surface area contributed by atoms with E-state index in [1.165, 1.54) is 6.33 Å². The summed E-state index contributed by atoms with van der Waals surface area (Å²) in [5, 5.41) is 0.360. The third-order valence-corrected chi connectivity index (χ3v) is 1.81. The van der Waals surface area contributed by atoms with Gasteiger partial charge in [0.25, 0.3) is 0 Å². The molecule has 0 aliphatic rings. The van der Waals surface area contributed by atoms with E-state index in [-0.39, 0.29) is 0 Å². The highest BCUT2D eigenvalue weighted by atomic mass is 35.5. The molecule has 0 aromatic carbocycles. The summed E-state index contributed by atoms with van der Waals surface area (Å²) >= 11 is 6.73. The number of nitrogens with zero attached hydrogens (tertiary/aromatic N) is 4. The minimum Gasteiger partial charge on any atom is -0.222 e. The Balaban J connectivity index is 2.95. The number of halogens is 1. The van der Waals surface area contributed by atoms with Gasteiger partial charge in [-0.25, -0.2) is 9.97 Å². The van der Waals surface area contributed by atoms with E-state index in [1.54, 1.807) is 0 Å². The van der Waals surface area contributed by atoms with Gasteiger partial charge >= 0.3 is 0 Å². The lowest BCUT2D eigenvalue weighted by Crippen LogP contribution is -1.80. The Labute approximate surface area is 65.2 Å². The van der Waals surface area contributed by atoms with Gasteiger partial charge < -0.3 is 0 Å². The fraction of sp³-hybridized carbons (Fsp3) is 0. The van der Waals surface area contributed by atoms with Gasteiger partial charge in [0.05, 0.1) is 11.7 Å². The van der Waals surface area contributed by atoms with Crippen molar-refractivity contribution in [3.63, 3.8) is 0 Å². The van der Waals surface area contributed by atoms with Gasteiger partial charge in [0.1, 0.15) is 6.33 Å². The molecule has 4 nitrogen and oxygen atoms in total. The summed E-state index contributed by atoms with van der Waals surface area (Å²) in [5.74, 6) is 0. The lowest BCUT2D eigenvalue weighted by molar-refractivity contribution is 1.20. The molecule has 0 aliphatic heterocycles. The molecule has 0 saturated carbocycles. The molecule has 0 N–H and O–H groups in total. The number of aromatic nitrogens is 4. The van der Waals surface area contributed by atoms with Crippen molar-refractivity contribution in [3.05, 3.63) is 11.5 Å². The van der Waals surface area contributed by atoms with Crippen LogP contribution in [-0.4, -0.2) is 18.7 Å². The van der Waals surface area contributed by atoms with Crippen LogP contribution < -0.4 is 0 Å². The van der Waals surface area contributed by atoms with Crippen molar-refractivity contribution in [2.75, 3.05) is 0 Å². The standard InChI is InChI=1S/C4HClN4S/c5-3-2-4(7-1-6-3)9-10-8-2/h1H. The predicted octanol–water partition coefficient (Wildman–Crippen LogP) is 1.13. The molecule has 0 unspecified atom stereocenters. The van der Waals surface area contributed by atoms with Crippen LogP contribution in [0.4, 0.5) is 0 Å². The maximum absolute atomic E-state index is 5.65. The first-order valence-corrected chi connectivity index (χ1v) is 3.57. The van der Waals surface area contributed by atoms with E-state index in [4.69, 9.17) is 11.6 Å². The molecule has 2 heterocycles. The lowest BCUT2D eigenvalue weighted by atomic mass is 10.6. The van der Waals surface area contributed by atoms with Crippen molar-refractivity contribution in [3.8, 4) is 0 Å². The van der Waals surface area contributed by atoms with Crippen molar-refractivity contribution in [2.24, 2.45) is 0 Å². The van der Waals surface area contributed by atoms with Crippen molar-refractivity contribution in [1.82, 2.24) is 18.7 Å². The lowest BCUT2D eigenvalue weighted by Gasteiger charge is -1.84. The summed E-state index contributed by atoms with van der Waals surface area (Å²) in [6, 6.07) is 0. The smallest absolute Gasteiger partial charge is 0.197 e. The highest BCUT2D eigenvalue weighted by Crippen LogP contribution is 2.15.